The van der Waals surface area contributed by atoms with Gasteiger partial charge in [-0.2, -0.15) is 0 Å². The van der Waals surface area contributed by atoms with E-state index >= 15 is 0 Å². The number of ether oxygens (including phenoxy) is 3. The van der Waals surface area contributed by atoms with Gasteiger partial charge in [-0.3, -0.25) is 14.3 Å². The number of thioether (sulfide) groups is 1. The molecule has 0 bridgehead atoms. The summed E-state index contributed by atoms with van der Waals surface area (Å²) in [5, 5.41) is 12.3. The van der Waals surface area contributed by atoms with E-state index in [0.717, 1.165) is 22.6 Å². The van der Waals surface area contributed by atoms with Crippen molar-refractivity contribution in [3.05, 3.63) is 72.6 Å². The Bertz CT molecular complexity index is 1290. The van der Waals surface area contributed by atoms with Crippen LogP contribution in [0.5, 0.6) is 17.2 Å². The van der Waals surface area contributed by atoms with E-state index in [0.29, 0.717) is 29.0 Å². The number of fused-ring (bicyclic) bond motifs is 1. The maximum atomic E-state index is 12.6. The molecule has 34 heavy (non-hydrogen) atoms. The van der Waals surface area contributed by atoms with E-state index in [-0.39, 0.29) is 18.5 Å². The molecule has 1 aliphatic rings. The van der Waals surface area contributed by atoms with Crippen LogP contribution in [0.2, 0.25) is 0 Å². The van der Waals surface area contributed by atoms with Crippen molar-refractivity contribution in [3.8, 4) is 34.3 Å². The molecule has 0 saturated heterocycles. The van der Waals surface area contributed by atoms with E-state index in [4.69, 9.17) is 14.2 Å². The average molecular weight is 476 g/mol. The third-order valence-electron chi connectivity index (χ3n) is 5.16. The lowest BCUT2D eigenvalue weighted by Crippen LogP contribution is -2.24. The van der Waals surface area contributed by atoms with Gasteiger partial charge in [-0.1, -0.05) is 17.8 Å². The van der Waals surface area contributed by atoms with Gasteiger partial charge in [-0.15, -0.1) is 10.2 Å². The van der Waals surface area contributed by atoms with Crippen LogP contribution in [0.15, 0.2) is 72.1 Å². The SMILES string of the molecule is COc1ccc(-n2c(SCC(=O)NCc3ccc4c(c3)OCO4)nnc2-c2ccncc2)cc1. The molecule has 1 amide bonds. The highest BCUT2D eigenvalue weighted by Gasteiger charge is 2.18. The van der Waals surface area contributed by atoms with Crippen LogP contribution in [0.4, 0.5) is 0 Å². The van der Waals surface area contributed by atoms with Crippen molar-refractivity contribution in [3.63, 3.8) is 0 Å². The first-order chi connectivity index (χ1) is 16.7. The van der Waals surface area contributed by atoms with Gasteiger partial charge in [0.15, 0.2) is 22.5 Å². The molecule has 4 aromatic rings. The third kappa shape index (κ3) is 4.67. The van der Waals surface area contributed by atoms with E-state index < -0.39 is 0 Å². The highest BCUT2D eigenvalue weighted by Crippen LogP contribution is 2.32. The number of carbonyl (C=O) groups is 1. The molecule has 10 heteroatoms. The number of carbonyl (C=O) groups excluding carboxylic acids is 1. The fourth-order valence-corrected chi connectivity index (χ4v) is 4.23. The molecule has 0 fully saturated rings. The number of methoxy groups -OCH3 is 1. The third-order valence-corrected chi connectivity index (χ3v) is 6.09. The summed E-state index contributed by atoms with van der Waals surface area (Å²) in [6.07, 6.45) is 3.41. The second-order valence-corrected chi connectivity index (χ2v) is 8.27. The van der Waals surface area contributed by atoms with Gasteiger partial charge in [0.25, 0.3) is 0 Å². The van der Waals surface area contributed by atoms with Crippen LogP contribution in [-0.4, -0.2) is 45.3 Å². The van der Waals surface area contributed by atoms with Crippen molar-refractivity contribution in [2.24, 2.45) is 0 Å². The van der Waals surface area contributed by atoms with Gasteiger partial charge in [-0.05, 0) is 54.1 Å². The van der Waals surface area contributed by atoms with Gasteiger partial charge >= 0.3 is 0 Å². The minimum absolute atomic E-state index is 0.114. The normalized spacial score (nSPS) is 11.9. The van der Waals surface area contributed by atoms with Crippen molar-refractivity contribution in [2.75, 3.05) is 19.7 Å². The first-order valence-corrected chi connectivity index (χ1v) is 11.5. The fourth-order valence-electron chi connectivity index (χ4n) is 3.45. The summed E-state index contributed by atoms with van der Waals surface area (Å²) in [7, 11) is 1.62. The summed E-state index contributed by atoms with van der Waals surface area (Å²) in [6.45, 7) is 0.613. The summed E-state index contributed by atoms with van der Waals surface area (Å²) < 4.78 is 17.9. The number of rotatable bonds is 8. The molecule has 9 nitrogen and oxygen atoms in total. The maximum Gasteiger partial charge on any atom is 0.231 e. The Kier molecular flexibility index (Phi) is 6.30. The van der Waals surface area contributed by atoms with Crippen molar-refractivity contribution in [2.45, 2.75) is 11.7 Å². The number of aromatic nitrogens is 4. The standard InChI is InChI=1S/C24H21N5O4S/c1-31-19-5-3-18(4-6-19)29-23(17-8-10-25-11-9-17)27-28-24(29)34-14-22(30)26-13-16-2-7-20-21(12-16)33-15-32-20/h2-12H,13-15H2,1H3,(H,26,30). The zero-order chi connectivity index (χ0) is 23.3. The zero-order valence-electron chi connectivity index (χ0n) is 18.3. The molecular weight excluding hydrogens is 454 g/mol. The summed E-state index contributed by atoms with van der Waals surface area (Å²) in [5.41, 5.74) is 2.67. The Morgan fingerprint density at radius 2 is 1.85 bits per heavy atom. The summed E-state index contributed by atoms with van der Waals surface area (Å²) in [4.78, 5) is 16.6. The first kappa shape index (κ1) is 21.8. The lowest BCUT2D eigenvalue weighted by molar-refractivity contribution is -0.118. The molecule has 2 aromatic carbocycles. The van der Waals surface area contributed by atoms with Crippen LogP contribution >= 0.6 is 11.8 Å². The maximum absolute atomic E-state index is 12.6. The largest absolute Gasteiger partial charge is 0.497 e. The Morgan fingerprint density at radius 1 is 1.06 bits per heavy atom. The number of nitrogens with one attached hydrogen (secondary N) is 1. The lowest BCUT2D eigenvalue weighted by Gasteiger charge is -2.11. The number of amides is 1. The predicted molar refractivity (Wildman–Crippen MR) is 126 cm³/mol. The molecule has 1 aliphatic heterocycles. The molecule has 0 radical (unpaired) electrons. The number of hydrogen-bond acceptors (Lipinski definition) is 8. The van der Waals surface area contributed by atoms with Crippen LogP contribution in [0, 0.1) is 0 Å². The van der Waals surface area contributed by atoms with E-state index in [2.05, 4.69) is 20.5 Å². The number of hydrogen-bond donors (Lipinski definition) is 1. The number of nitrogens with zero attached hydrogens (tertiary/aromatic N) is 4. The second kappa shape index (κ2) is 9.84. The lowest BCUT2D eigenvalue weighted by atomic mass is 10.2. The molecular formula is C24H21N5O4S. The van der Waals surface area contributed by atoms with Crippen molar-refractivity contribution in [1.29, 1.82) is 0 Å². The molecule has 0 aliphatic carbocycles. The predicted octanol–water partition coefficient (Wildman–Crippen LogP) is 3.48. The quantitative estimate of drug-likeness (QED) is 0.387. The van der Waals surface area contributed by atoms with E-state index in [1.54, 1.807) is 19.5 Å². The molecule has 172 valence electrons. The first-order valence-electron chi connectivity index (χ1n) is 10.5. The molecule has 1 N–H and O–H groups in total. The second-order valence-electron chi connectivity index (χ2n) is 7.33. The topological polar surface area (TPSA) is 100 Å². The summed E-state index contributed by atoms with van der Waals surface area (Å²) >= 11 is 1.32. The van der Waals surface area contributed by atoms with Crippen molar-refractivity contribution in [1.82, 2.24) is 25.1 Å². The highest BCUT2D eigenvalue weighted by atomic mass is 32.2. The number of benzene rings is 2. The van der Waals surface area contributed by atoms with Gasteiger partial charge in [0.1, 0.15) is 5.75 Å². The Hall–Kier alpha value is -4.05. The van der Waals surface area contributed by atoms with Crippen molar-refractivity contribution >= 4 is 17.7 Å². The van der Waals surface area contributed by atoms with Gasteiger partial charge < -0.3 is 19.5 Å². The van der Waals surface area contributed by atoms with Gasteiger partial charge in [0.05, 0.1) is 12.9 Å². The molecule has 2 aromatic heterocycles. The van der Waals surface area contributed by atoms with Gasteiger partial charge in [0, 0.05) is 30.2 Å². The van der Waals surface area contributed by atoms with Crippen LogP contribution in [0.25, 0.3) is 17.1 Å². The van der Waals surface area contributed by atoms with Crippen LogP contribution < -0.4 is 19.5 Å². The summed E-state index contributed by atoms with van der Waals surface area (Å²) in [5.74, 6) is 2.90. The highest BCUT2D eigenvalue weighted by molar-refractivity contribution is 7.99. The Labute approximate surface area is 200 Å². The summed E-state index contributed by atoms with van der Waals surface area (Å²) in [6, 6.07) is 17.0. The van der Waals surface area contributed by atoms with Crippen LogP contribution in [0.3, 0.4) is 0 Å². The number of pyridine rings is 1. The van der Waals surface area contributed by atoms with E-state index in [1.807, 2.05) is 59.2 Å². The Balaban J connectivity index is 1.31. The van der Waals surface area contributed by atoms with E-state index in [9.17, 15) is 4.79 Å². The van der Waals surface area contributed by atoms with E-state index in [1.165, 1.54) is 11.8 Å². The molecule has 0 unspecified atom stereocenters. The zero-order valence-corrected chi connectivity index (χ0v) is 19.1. The monoisotopic (exact) mass is 475 g/mol. The smallest absolute Gasteiger partial charge is 0.231 e. The minimum Gasteiger partial charge on any atom is -0.497 e. The minimum atomic E-state index is -0.114. The van der Waals surface area contributed by atoms with Crippen molar-refractivity contribution < 1.29 is 19.0 Å². The van der Waals surface area contributed by atoms with Gasteiger partial charge in [-0.25, -0.2) is 0 Å². The molecule has 0 spiro atoms. The van der Waals surface area contributed by atoms with Crippen LogP contribution in [-0.2, 0) is 11.3 Å². The molecule has 0 saturated carbocycles. The Morgan fingerprint density at radius 3 is 2.65 bits per heavy atom. The molecule has 3 heterocycles. The van der Waals surface area contributed by atoms with Gasteiger partial charge in [0.2, 0.25) is 12.7 Å². The molecule has 0 atom stereocenters. The average Bonchev–Trinajstić information content (AvgIpc) is 3.53. The fraction of sp³-hybridized carbons (Fsp3) is 0.167. The molecule has 5 rings (SSSR count). The van der Waals surface area contributed by atoms with Crippen LogP contribution in [0.1, 0.15) is 5.56 Å².